The average Bonchev–Trinajstić information content (AvgIpc) is 3.76. The second kappa shape index (κ2) is 9.59. The van der Waals surface area contributed by atoms with Crippen LogP contribution in [0.15, 0.2) is 54.6 Å². The van der Waals surface area contributed by atoms with Gasteiger partial charge in [0.25, 0.3) is 0 Å². The number of hydrogen-bond acceptors (Lipinski definition) is 5. The molecule has 1 saturated carbocycles. The molecule has 214 valence electrons. The van der Waals surface area contributed by atoms with Gasteiger partial charge in [-0.25, -0.2) is 4.98 Å². The first-order valence-electron chi connectivity index (χ1n) is 14.1. The van der Waals surface area contributed by atoms with Crippen LogP contribution in [0.1, 0.15) is 67.9 Å². The lowest BCUT2D eigenvalue weighted by molar-refractivity contribution is -0.0500. The molecule has 1 aliphatic heterocycles. The number of H-pyrrole nitrogens is 1. The first-order chi connectivity index (χ1) is 19.6. The van der Waals surface area contributed by atoms with Crippen LogP contribution >= 0.6 is 0 Å². The minimum absolute atomic E-state index is 0.164. The highest BCUT2D eigenvalue weighted by Crippen LogP contribution is 2.55. The molecule has 10 heteroatoms. The maximum Gasteiger partial charge on any atom is 0.534 e. The summed E-state index contributed by atoms with van der Waals surface area (Å²) in [7, 11) is -5.75. The van der Waals surface area contributed by atoms with Gasteiger partial charge in [0.2, 0.25) is 0 Å². The maximum atomic E-state index is 13.1. The standard InChI is InChI=1S/C31H30F3N3O3S/c32-31(33,34)41(38,39)40-27-12-10-22(28-23(27)13-16-30(28)14-1-2-15-30)20-7-5-19(6-8-20)21-9-11-24-26(18-21)37-29(36-24)25-4-3-17-35-25/h5-12,18,25,35H,1-4,13-17H2,(H,36,37)/t25-/m0/s1. The summed E-state index contributed by atoms with van der Waals surface area (Å²) >= 11 is 0. The Bertz CT molecular complexity index is 1730. The molecule has 0 bridgehead atoms. The zero-order chi connectivity index (χ0) is 28.4. The SMILES string of the molecule is O=S(=O)(Oc1ccc(-c2ccc(-c3ccc4nc([C@@H]5CCCN5)[nH]c4c3)cc2)c2c1CCC21CCCC1)C(F)(F)F. The van der Waals surface area contributed by atoms with Gasteiger partial charge in [-0.05, 0) is 96.5 Å². The molecule has 1 atom stereocenters. The van der Waals surface area contributed by atoms with E-state index in [1.54, 1.807) is 6.07 Å². The number of imidazole rings is 1. The second-order valence-corrected chi connectivity index (χ2v) is 13.1. The van der Waals surface area contributed by atoms with Crippen molar-refractivity contribution in [2.75, 3.05) is 6.54 Å². The molecule has 2 fully saturated rings. The van der Waals surface area contributed by atoms with E-state index < -0.39 is 15.6 Å². The van der Waals surface area contributed by atoms with E-state index in [0.29, 0.717) is 12.0 Å². The minimum atomic E-state index is -5.75. The fourth-order valence-electron chi connectivity index (χ4n) is 7.14. The van der Waals surface area contributed by atoms with Crippen LogP contribution in [0.3, 0.4) is 0 Å². The van der Waals surface area contributed by atoms with Crippen molar-refractivity contribution in [3.05, 3.63) is 71.5 Å². The number of fused-ring (bicyclic) bond motifs is 3. The smallest absolute Gasteiger partial charge is 0.376 e. The van der Waals surface area contributed by atoms with Gasteiger partial charge >= 0.3 is 15.6 Å². The number of nitrogens with zero attached hydrogens (tertiary/aromatic N) is 1. The molecule has 1 aromatic heterocycles. The third-order valence-electron chi connectivity index (χ3n) is 9.12. The van der Waals surface area contributed by atoms with Crippen molar-refractivity contribution >= 4 is 21.2 Å². The summed E-state index contributed by atoms with van der Waals surface area (Å²) in [6.07, 6.45) is 7.44. The fourth-order valence-corrected chi connectivity index (χ4v) is 7.63. The molecular formula is C31H30F3N3O3S. The van der Waals surface area contributed by atoms with E-state index in [-0.39, 0.29) is 17.2 Å². The Balaban J connectivity index is 1.24. The van der Waals surface area contributed by atoms with Crippen molar-refractivity contribution in [3.63, 3.8) is 0 Å². The molecule has 0 radical (unpaired) electrons. The molecule has 41 heavy (non-hydrogen) atoms. The van der Waals surface area contributed by atoms with Crippen LogP contribution < -0.4 is 9.50 Å². The van der Waals surface area contributed by atoms with E-state index in [0.717, 1.165) is 96.2 Å². The van der Waals surface area contributed by atoms with Crippen molar-refractivity contribution in [2.24, 2.45) is 0 Å². The number of hydrogen-bond donors (Lipinski definition) is 2. The molecule has 4 aromatic rings. The Kier molecular flexibility index (Phi) is 6.20. The molecule has 0 amide bonds. The van der Waals surface area contributed by atoms with E-state index >= 15 is 0 Å². The van der Waals surface area contributed by atoms with Gasteiger partial charge in [0, 0.05) is 5.56 Å². The molecule has 0 unspecified atom stereocenters. The zero-order valence-electron chi connectivity index (χ0n) is 22.4. The number of alkyl halides is 3. The number of rotatable bonds is 5. The van der Waals surface area contributed by atoms with Crippen LogP contribution in [-0.4, -0.2) is 30.4 Å². The van der Waals surface area contributed by atoms with Gasteiger partial charge in [0.1, 0.15) is 11.6 Å². The molecule has 2 N–H and O–H groups in total. The summed E-state index contributed by atoms with van der Waals surface area (Å²) in [6.45, 7) is 1.01. The van der Waals surface area contributed by atoms with Gasteiger partial charge in [-0.3, -0.25) is 0 Å². The minimum Gasteiger partial charge on any atom is -0.376 e. The Morgan fingerprint density at radius 1 is 0.902 bits per heavy atom. The normalized spacial score (nSPS) is 20.2. The Labute approximate surface area is 236 Å². The molecule has 3 aliphatic rings. The summed E-state index contributed by atoms with van der Waals surface area (Å²) < 4.78 is 67.8. The molecule has 1 spiro atoms. The summed E-state index contributed by atoms with van der Waals surface area (Å²) in [4.78, 5) is 8.24. The molecule has 7 rings (SSSR count). The summed E-state index contributed by atoms with van der Waals surface area (Å²) in [5, 5.41) is 3.48. The Hall–Kier alpha value is -3.37. The Morgan fingerprint density at radius 2 is 1.63 bits per heavy atom. The maximum absolute atomic E-state index is 13.1. The van der Waals surface area contributed by atoms with Gasteiger partial charge in [-0.1, -0.05) is 49.2 Å². The van der Waals surface area contributed by atoms with Gasteiger partial charge < -0.3 is 14.5 Å². The molecule has 6 nitrogen and oxygen atoms in total. The van der Waals surface area contributed by atoms with Crippen molar-refractivity contribution < 1.29 is 25.8 Å². The number of halogens is 3. The first kappa shape index (κ1) is 26.5. The van der Waals surface area contributed by atoms with Crippen LogP contribution in [0.25, 0.3) is 33.3 Å². The molecule has 1 saturated heterocycles. The molecule has 3 aromatic carbocycles. The van der Waals surface area contributed by atoms with Crippen molar-refractivity contribution in [1.29, 1.82) is 0 Å². The topological polar surface area (TPSA) is 84.1 Å². The highest BCUT2D eigenvalue weighted by atomic mass is 32.2. The predicted molar refractivity (Wildman–Crippen MR) is 151 cm³/mol. The second-order valence-electron chi connectivity index (χ2n) is 11.5. The summed E-state index contributed by atoms with van der Waals surface area (Å²) in [6, 6.07) is 17.7. The van der Waals surface area contributed by atoms with Gasteiger partial charge in [-0.2, -0.15) is 21.6 Å². The molecular weight excluding hydrogens is 551 g/mol. The summed E-state index contributed by atoms with van der Waals surface area (Å²) in [5.74, 6) is 0.761. The van der Waals surface area contributed by atoms with E-state index in [1.807, 2.05) is 30.3 Å². The van der Waals surface area contributed by atoms with Crippen molar-refractivity contribution in [3.8, 4) is 28.0 Å². The Morgan fingerprint density at radius 3 is 2.34 bits per heavy atom. The van der Waals surface area contributed by atoms with E-state index in [2.05, 4.69) is 26.6 Å². The van der Waals surface area contributed by atoms with Crippen LogP contribution in [0.4, 0.5) is 13.2 Å². The number of aromatic amines is 1. The predicted octanol–water partition coefficient (Wildman–Crippen LogP) is 7.31. The zero-order valence-corrected chi connectivity index (χ0v) is 23.2. The van der Waals surface area contributed by atoms with Gasteiger partial charge in [-0.15, -0.1) is 0 Å². The third-order valence-corrected chi connectivity index (χ3v) is 10.1. The molecule has 2 aliphatic carbocycles. The van der Waals surface area contributed by atoms with Gasteiger partial charge in [0.15, 0.2) is 0 Å². The van der Waals surface area contributed by atoms with Crippen LogP contribution in [0.2, 0.25) is 0 Å². The lowest BCUT2D eigenvalue weighted by Crippen LogP contribution is -2.28. The fraction of sp³-hybridized carbons (Fsp3) is 0.387. The lowest BCUT2D eigenvalue weighted by atomic mass is 9.77. The highest BCUT2D eigenvalue weighted by molar-refractivity contribution is 7.88. The van der Waals surface area contributed by atoms with Crippen LogP contribution in [0, 0.1) is 0 Å². The largest absolute Gasteiger partial charge is 0.534 e. The van der Waals surface area contributed by atoms with Crippen molar-refractivity contribution in [2.45, 2.75) is 68.3 Å². The average molecular weight is 582 g/mol. The number of nitrogens with one attached hydrogen (secondary N) is 2. The molecule has 2 heterocycles. The van der Waals surface area contributed by atoms with Gasteiger partial charge in [0.05, 0.1) is 17.1 Å². The lowest BCUT2D eigenvalue weighted by Gasteiger charge is -2.28. The highest BCUT2D eigenvalue weighted by Gasteiger charge is 2.50. The van der Waals surface area contributed by atoms with E-state index in [4.69, 9.17) is 4.98 Å². The van der Waals surface area contributed by atoms with Crippen LogP contribution in [0.5, 0.6) is 5.75 Å². The van der Waals surface area contributed by atoms with Crippen LogP contribution in [-0.2, 0) is 22.0 Å². The van der Waals surface area contributed by atoms with E-state index in [9.17, 15) is 21.6 Å². The number of aromatic nitrogens is 2. The van der Waals surface area contributed by atoms with E-state index in [1.165, 1.54) is 6.07 Å². The van der Waals surface area contributed by atoms with Crippen molar-refractivity contribution in [1.82, 2.24) is 15.3 Å². The monoisotopic (exact) mass is 581 g/mol. The summed E-state index contributed by atoms with van der Waals surface area (Å²) in [5.41, 5.74) is 1.77. The third kappa shape index (κ3) is 4.52. The first-order valence-corrected chi connectivity index (χ1v) is 15.6. The number of benzene rings is 3. The quantitative estimate of drug-likeness (QED) is 0.191.